The smallest absolute Gasteiger partial charge is 0.335 e. The van der Waals surface area contributed by atoms with E-state index in [2.05, 4.69) is 42.5 Å². The lowest BCUT2D eigenvalue weighted by atomic mass is 9.99. The number of aliphatic hydroxyl groups is 3. The fraction of sp³-hybridized carbons (Fsp3) is 0.375. The van der Waals surface area contributed by atoms with Crippen LogP contribution in [0.1, 0.15) is 52.1 Å². The summed E-state index contributed by atoms with van der Waals surface area (Å²) < 4.78 is 30.1. The molecule has 24 heteroatoms. The summed E-state index contributed by atoms with van der Waals surface area (Å²) >= 11 is 3.62. The summed E-state index contributed by atoms with van der Waals surface area (Å²) in [6.07, 6.45) is 2.80. The SMILES string of the molecule is C#CCN(Cc1cc2c(=O)[nH]c(C)nc2cc1Br)c1ccc(C(=O)CCc2ccc[n+](Cc3ccc(O[C@@H]4O[C@H](C(=O)O)[C@@H](O)[C@H](O)[C@H]4O)c(NC(=O)CCNC(=O)CCOCCOCCOCCN4C(=O)C=CC4=O)c3)c2)cc1. The molecule has 422 valence electrons. The van der Waals surface area contributed by atoms with Crippen molar-refractivity contribution in [3.8, 4) is 18.1 Å². The van der Waals surface area contributed by atoms with Crippen LogP contribution < -0.4 is 30.4 Å². The third-order valence-corrected chi connectivity index (χ3v) is 13.5. The van der Waals surface area contributed by atoms with Crippen molar-refractivity contribution >= 4 is 73.6 Å². The number of aryl methyl sites for hydroxylation is 2. The van der Waals surface area contributed by atoms with Crippen LogP contribution in [0.25, 0.3) is 10.9 Å². The van der Waals surface area contributed by atoms with Gasteiger partial charge in [0.25, 0.3) is 17.4 Å². The van der Waals surface area contributed by atoms with Crippen LogP contribution in [-0.2, 0) is 62.4 Å². The van der Waals surface area contributed by atoms with Crippen LogP contribution in [0.15, 0.2) is 101 Å². The van der Waals surface area contributed by atoms with Crippen molar-refractivity contribution in [2.75, 3.05) is 69.5 Å². The first kappa shape index (κ1) is 59.9. The van der Waals surface area contributed by atoms with Crippen LogP contribution in [0.2, 0.25) is 0 Å². The molecule has 2 aromatic heterocycles. The number of nitrogens with one attached hydrogen (secondary N) is 3. The minimum Gasteiger partial charge on any atom is -0.479 e. The lowest BCUT2D eigenvalue weighted by Gasteiger charge is -2.38. The second-order valence-corrected chi connectivity index (χ2v) is 19.5. The Hall–Kier alpha value is -7.73. The van der Waals surface area contributed by atoms with E-state index in [1.165, 1.54) is 18.2 Å². The number of H-pyrrole nitrogens is 1. The van der Waals surface area contributed by atoms with E-state index in [4.69, 9.17) is 30.1 Å². The Bertz CT molecular complexity index is 3170. The summed E-state index contributed by atoms with van der Waals surface area (Å²) in [5, 5.41) is 46.8. The summed E-state index contributed by atoms with van der Waals surface area (Å²) in [5.41, 5.74) is 4.05. The molecular weight excluding hydrogens is 1110 g/mol. The summed E-state index contributed by atoms with van der Waals surface area (Å²) in [7, 11) is 0. The van der Waals surface area contributed by atoms with Crippen molar-refractivity contribution in [3.05, 3.63) is 134 Å². The lowest BCUT2D eigenvalue weighted by Crippen LogP contribution is -2.61. The number of nitrogens with zero attached hydrogens (tertiary/aromatic N) is 4. The standard InChI is InChI=1S/C56H60BrN7O16/c1-3-19-63(33-38-29-40-42(30-41(38)57)59-34(2)60-54(40)73)39-10-8-37(9-11-39)44(65)12-6-35-5-4-20-62(31-35)32-36-7-13-45(79-56-52(72)50(70)51(71)53(80-56)55(74)75)43(28-36)61-47(67)16-18-58-46(66)17-22-76-24-26-78-27-25-77-23-21-64-48(68)14-15-49(64)69/h1,4-5,7-11,13-15,20,28-31,50-53,56,70-72H,6,12,16-19,21-27,32-33H2,2H3,(H3-,58,59,60,61,66,67,73,74,75)/p+1/t50-,51-,52+,53-,56+/m0/s1. The molecule has 4 heterocycles. The maximum absolute atomic E-state index is 13.5. The van der Waals surface area contributed by atoms with E-state index in [-0.39, 0.29) is 126 Å². The second-order valence-electron chi connectivity index (χ2n) is 18.6. The van der Waals surface area contributed by atoms with Gasteiger partial charge in [0.15, 0.2) is 30.8 Å². The number of benzene rings is 3. The number of hydrogen-bond donors (Lipinski definition) is 7. The summed E-state index contributed by atoms with van der Waals surface area (Å²) in [5.74, 6) is -0.237. The van der Waals surface area contributed by atoms with E-state index in [0.717, 1.165) is 26.2 Å². The lowest BCUT2D eigenvalue weighted by molar-refractivity contribution is -0.688. The topological polar surface area (TPSA) is 310 Å². The molecule has 0 spiro atoms. The molecular formula is C56H61BrN7O16+. The van der Waals surface area contributed by atoms with Crippen molar-refractivity contribution in [2.24, 2.45) is 0 Å². The quantitative estimate of drug-likeness (QED) is 0.0118. The first-order chi connectivity index (χ1) is 38.5. The van der Waals surface area contributed by atoms with E-state index in [0.29, 0.717) is 40.8 Å². The first-order valence-electron chi connectivity index (χ1n) is 25.5. The summed E-state index contributed by atoms with van der Waals surface area (Å²) in [6.45, 7) is 3.93. The summed E-state index contributed by atoms with van der Waals surface area (Å²) in [4.78, 5) is 97.2. The zero-order valence-corrected chi connectivity index (χ0v) is 45.2. The molecule has 80 heavy (non-hydrogen) atoms. The molecule has 0 saturated carbocycles. The van der Waals surface area contributed by atoms with Gasteiger partial charge in [0.1, 0.15) is 29.9 Å². The van der Waals surface area contributed by atoms with Crippen molar-refractivity contribution < 1.29 is 77.4 Å². The van der Waals surface area contributed by atoms with Gasteiger partial charge >= 0.3 is 5.97 Å². The Morgan fingerprint density at radius 1 is 0.863 bits per heavy atom. The number of aromatic nitrogens is 3. The third kappa shape index (κ3) is 16.7. The number of carbonyl (C=O) groups excluding carboxylic acids is 5. The van der Waals surface area contributed by atoms with Gasteiger partial charge in [0.05, 0.1) is 69.3 Å². The van der Waals surface area contributed by atoms with Crippen molar-refractivity contribution in [1.82, 2.24) is 20.2 Å². The van der Waals surface area contributed by atoms with Gasteiger partial charge in [-0.3, -0.25) is 33.7 Å². The Morgan fingerprint density at radius 3 is 2.29 bits per heavy atom. The van der Waals surface area contributed by atoms with Gasteiger partial charge in [-0.2, -0.15) is 0 Å². The molecule has 0 bridgehead atoms. The number of halogens is 1. The Morgan fingerprint density at radius 2 is 1.57 bits per heavy atom. The number of terminal acetylenes is 1. The van der Waals surface area contributed by atoms with E-state index < -0.39 is 42.6 Å². The van der Waals surface area contributed by atoms with Crippen LogP contribution in [0.3, 0.4) is 0 Å². The number of rotatable bonds is 29. The Balaban J connectivity index is 0.904. The number of pyridine rings is 1. The number of fused-ring (bicyclic) bond motifs is 1. The molecule has 1 fully saturated rings. The molecule has 0 radical (unpaired) electrons. The third-order valence-electron chi connectivity index (χ3n) is 12.7. The number of aliphatic hydroxyl groups excluding tert-OH is 3. The van der Waals surface area contributed by atoms with Gasteiger partial charge < -0.3 is 64.6 Å². The summed E-state index contributed by atoms with van der Waals surface area (Å²) in [6, 6.07) is 19.2. The average Bonchev–Trinajstić information content (AvgIpc) is 3.75. The molecule has 7 rings (SSSR count). The number of aliphatic carboxylic acids is 1. The monoisotopic (exact) mass is 1170 g/mol. The van der Waals surface area contributed by atoms with Gasteiger partial charge in [-0.1, -0.05) is 21.9 Å². The molecule has 5 atom stereocenters. The maximum atomic E-state index is 13.5. The molecule has 2 aliphatic heterocycles. The zero-order chi connectivity index (χ0) is 57.3. The fourth-order valence-electron chi connectivity index (χ4n) is 8.57. The van der Waals surface area contributed by atoms with Crippen LogP contribution >= 0.6 is 15.9 Å². The predicted octanol–water partition coefficient (Wildman–Crippen LogP) is 1.87. The highest BCUT2D eigenvalue weighted by atomic mass is 79.9. The Labute approximate surface area is 467 Å². The van der Waals surface area contributed by atoms with Gasteiger partial charge in [0, 0.05) is 77.4 Å². The molecule has 4 amide bonds. The van der Waals surface area contributed by atoms with Crippen molar-refractivity contribution in [1.29, 1.82) is 0 Å². The van der Waals surface area contributed by atoms with E-state index >= 15 is 0 Å². The van der Waals surface area contributed by atoms with Gasteiger partial charge in [-0.15, -0.1) is 6.42 Å². The number of hydrogen-bond acceptors (Lipinski definition) is 17. The number of ketones is 1. The number of ether oxygens (including phenoxy) is 5. The van der Waals surface area contributed by atoms with E-state index in [1.54, 1.807) is 43.3 Å². The molecule has 7 N–H and O–H groups in total. The number of carboxylic acids is 1. The Kier molecular flexibility index (Phi) is 21.7. The number of carboxylic acid groups (broad SMARTS) is 1. The number of aromatic amines is 1. The van der Waals surface area contributed by atoms with Gasteiger partial charge in [-0.25, -0.2) is 14.3 Å². The van der Waals surface area contributed by atoms with Crippen LogP contribution in [0, 0.1) is 19.3 Å². The minimum absolute atomic E-state index is 0.00354. The van der Waals surface area contributed by atoms with Gasteiger partial charge in [0.2, 0.25) is 18.1 Å². The van der Waals surface area contributed by atoms with Crippen molar-refractivity contribution in [3.63, 3.8) is 0 Å². The van der Waals surface area contributed by atoms with Crippen LogP contribution in [0.5, 0.6) is 5.75 Å². The zero-order valence-electron chi connectivity index (χ0n) is 43.6. The molecule has 5 aromatic rings. The normalized spacial score (nSPS) is 17.8. The number of Topliss-reactive ketones (excluding diaryl/α,β-unsaturated/α-hetero) is 1. The van der Waals surface area contributed by atoms with Crippen molar-refractivity contribution in [2.45, 2.75) is 76.4 Å². The van der Waals surface area contributed by atoms with E-state index in [9.17, 15) is 54.0 Å². The molecule has 2 aliphatic rings. The number of anilines is 2. The van der Waals surface area contributed by atoms with Crippen LogP contribution in [-0.4, -0.2) is 161 Å². The largest absolute Gasteiger partial charge is 0.479 e. The number of carbonyl (C=O) groups is 6. The molecule has 0 aliphatic carbocycles. The highest BCUT2D eigenvalue weighted by molar-refractivity contribution is 9.10. The molecule has 0 unspecified atom stereocenters. The molecule has 1 saturated heterocycles. The number of imide groups is 1. The average molecular weight is 1170 g/mol. The highest BCUT2D eigenvalue weighted by Crippen LogP contribution is 2.32. The minimum atomic E-state index is -1.96. The first-order valence-corrected chi connectivity index (χ1v) is 26.3. The van der Waals surface area contributed by atoms with E-state index in [1.807, 2.05) is 46.1 Å². The molecule has 23 nitrogen and oxygen atoms in total. The number of amides is 4. The predicted molar refractivity (Wildman–Crippen MR) is 290 cm³/mol. The van der Waals surface area contributed by atoms with Gasteiger partial charge in [-0.05, 0) is 79.6 Å². The highest BCUT2D eigenvalue weighted by Gasteiger charge is 2.48. The maximum Gasteiger partial charge on any atom is 0.335 e. The fourth-order valence-corrected chi connectivity index (χ4v) is 9.03. The van der Waals surface area contributed by atoms with Crippen LogP contribution in [0.4, 0.5) is 11.4 Å². The molecule has 3 aromatic carbocycles. The second kappa shape index (κ2) is 28.9.